The molecule has 0 bridgehead atoms. The lowest BCUT2D eigenvalue weighted by Gasteiger charge is -2.23. The van der Waals surface area contributed by atoms with Crippen LogP contribution in [0.4, 0.5) is 8.78 Å². The topological polar surface area (TPSA) is 86.0 Å². The van der Waals surface area contributed by atoms with E-state index in [0.717, 1.165) is 30.3 Å². The summed E-state index contributed by atoms with van der Waals surface area (Å²) >= 11 is 0. The number of methoxy groups -OCH3 is 1. The molecule has 36 heavy (non-hydrogen) atoms. The van der Waals surface area contributed by atoms with E-state index in [1.807, 2.05) is 0 Å². The van der Waals surface area contributed by atoms with Gasteiger partial charge in [0.1, 0.15) is 22.3 Å². The largest absolute Gasteiger partial charge is 0.493 e. The molecule has 0 saturated carbocycles. The fraction of sp³-hybridized carbons (Fsp3) is 0.115. The van der Waals surface area contributed by atoms with E-state index in [1.54, 1.807) is 18.2 Å². The van der Waals surface area contributed by atoms with Crippen molar-refractivity contribution in [1.82, 2.24) is 4.90 Å². The van der Waals surface area contributed by atoms with Crippen LogP contribution in [0.25, 0.3) is 0 Å². The molecule has 1 heterocycles. The van der Waals surface area contributed by atoms with E-state index < -0.39 is 27.7 Å². The van der Waals surface area contributed by atoms with Crippen LogP contribution in [0.5, 0.6) is 11.5 Å². The Labute approximate surface area is 206 Å². The average molecular weight is 514 g/mol. The third-order valence-corrected chi connectivity index (χ3v) is 6.44. The van der Waals surface area contributed by atoms with E-state index in [1.165, 1.54) is 48.6 Å². The Morgan fingerprint density at radius 2 is 1.67 bits per heavy atom. The van der Waals surface area contributed by atoms with E-state index >= 15 is 0 Å². The number of benzene rings is 3. The summed E-state index contributed by atoms with van der Waals surface area (Å²) in [6.07, 6.45) is 1.47. The molecule has 0 aliphatic carbocycles. The predicted molar refractivity (Wildman–Crippen MR) is 126 cm³/mol. The minimum Gasteiger partial charge on any atom is -0.493 e. The molecule has 0 unspecified atom stereocenters. The molecule has 0 saturated heterocycles. The molecule has 0 fully saturated rings. The lowest BCUT2D eigenvalue weighted by Crippen LogP contribution is -2.30. The number of hydrogen-bond donors (Lipinski definition) is 0. The Hall–Kier alpha value is -4.18. The number of carbonyl (C=O) groups is 1. The summed E-state index contributed by atoms with van der Waals surface area (Å²) in [4.78, 5) is 14.4. The highest BCUT2D eigenvalue weighted by molar-refractivity contribution is 7.87. The first-order valence-corrected chi connectivity index (χ1v) is 12.1. The van der Waals surface area contributed by atoms with Crippen molar-refractivity contribution in [1.29, 1.82) is 0 Å². The molecular weight excluding hydrogens is 492 g/mol. The van der Waals surface area contributed by atoms with Crippen LogP contribution < -0.4 is 8.92 Å². The van der Waals surface area contributed by atoms with Crippen molar-refractivity contribution >= 4 is 16.0 Å². The van der Waals surface area contributed by atoms with E-state index in [-0.39, 0.29) is 35.0 Å². The normalized spacial score (nSPS) is 11.2. The molecular formula is C26H21F2NO6S. The monoisotopic (exact) mass is 513 g/mol. The molecule has 0 atom stereocenters. The summed E-state index contributed by atoms with van der Waals surface area (Å²) in [6.45, 7) is 0.103. The Morgan fingerprint density at radius 1 is 0.889 bits per heavy atom. The number of furan rings is 1. The molecule has 0 N–H and O–H groups in total. The zero-order valence-corrected chi connectivity index (χ0v) is 19.9. The maximum atomic E-state index is 13.8. The van der Waals surface area contributed by atoms with Crippen molar-refractivity contribution in [3.63, 3.8) is 0 Å². The second-order valence-corrected chi connectivity index (χ2v) is 9.27. The average Bonchev–Trinajstić information content (AvgIpc) is 3.37. The Kier molecular flexibility index (Phi) is 7.35. The molecule has 10 heteroatoms. The predicted octanol–water partition coefficient (Wildman–Crippen LogP) is 5.18. The molecule has 3 aromatic carbocycles. The van der Waals surface area contributed by atoms with E-state index in [2.05, 4.69) is 0 Å². The third-order valence-electron chi connectivity index (χ3n) is 5.19. The summed E-state index contributed by atoms with van der Waals surface area (Å²) in [7, 11) is -2.95. The van der Waals surface area contributed by atoms with Crippen molar-refractivity contribution in [2.75, 3.05) is 7.11 Å². The molecule has 7 nitrogen and oxygen atoms in total. The molecule has 186 valence electrons. The fourth-order valence-electron chi connectivity index (χ4n) is 3.47. The number of nitrogens with zero attached hydrogens (tertiary/aromatic N) is 1. The molecule has 4 aromatic rings. The van der Waals surface area contributed by atoms with Crippen LogP contribution in [-0.2, 0) is 23.2 Å². The van der Waals surface area contributed by atoms with Crippen LogP contribution in [0.2, 0.25) is 0 Å². The van der Waals surface area contributed by atoms with Gasteiger partial charge in [-0.25, -0.2) is 8.78 Å². The van der Waals surface area contributed by atoms with Crippen molar-refractivity contribution in [3.05, 3.63) is 114 Å². The van der Waals surface area contributed by atoms with Crippen molar-refractivity contribution in [2.45, 2.75) is 18.0 Å². The van der Waals surface area contributed by atoms with Crippen molar-refractivity contribution in [3.8, 4) is 11.5 Å². The minimum absolute atomic E-state index is 0.0208. The lowest BCUT2D eigenvalue weighted by molar-refractivity contribution is 0.0717. The van der Waals surface area contributed by atoms with Gasteiger partial charge in [0.2, 0.25) is 0 Å². The van der Waals surface area contributed by atoms with Gasteiger partial charge in [0.05, 0.1) is 19.9 Å². The van der Waals surface area contributed by atoms with Crippen LogP contribution in [0.15, 0.2) is 94.4 Å². The van der Waals surface area contributed by atoms with Crippen LogP contribution in [0, 0.1) is 11.6 Å². The van der Waals surface area contributed by atoms with Gasteiger partial charge in [-0.3, -0.25) is 4.79 Å². The van der Waals surface area contributed by atoms with Gasteiger partial charge >= 0.3 is 10.1 Å². The second-order valence-electron chi connectivity index (χ2n) is 7.73. The first-order valence-electron chi connectivity index (χ1n) is 10.7. The first kappa shape index (κ1) is 24.9. The second kappa shape index (κ2) is 10.6. The van der Waals surface area contributed by atoms with Gasteiger partial charge in [-0.2, -0.15) is 8.42 Å². The highest BCUT2D eigenvalue weighted by Crippen LogP contribution is 2.32. The molecule has 4 rings (SSSR count). The number of amides is 1. The lowest BCUT2D eigenvalue weighted by atomic mass is 10.1. The maximum absolute atomic E-state index is 13.8. The number of carbonyl (C=O) groups excluding carboxylic acids is 1. The molecule has 1 amide bonds. The number of rotatable bonds is 9. The van der Waals surface area contributed by atoms with Crippen LogP contribution in [0.3, 0.4) is 0 Å². The molecule has 1 aromatic heterocycles. The maximum Gasteiger partial charge on any atom is 0.339 e. The van der Waals surface area contributed by atoms with Gasteiger partial charge in [0, 0.05) is 12.1 Å². The molecule has 0 spiro atoms. The molecule has 0 aliphatic heterocycles. The van der Waals surface area contributed by atoms with Gasteiger partial charge in [0.15, 0.2) is 11.5 Å². The summed E-state index contributed by atoms with van der Waals surface area (Å²) in [5, 5.41) is 0. The Bertz CT molecular complexity index is 1450. The zero-order chi connectivity index (χ0) is 25.7. The highest BCUT2D eigenvalue weighted by atomic mass is 32.2. The summed E-state index contributed by atoms with van der Waals surface area (Å²) < 4.78 is 68.4. The van der Waals surface area contributed by atoms with Gasteiger partial charge in [-0.1, -0.05) is 12.1 Å². The van der Waals surface area contributed by atoms with Gasteiger partial charge in [-0.15, -0.1) is 0 Å². The first-order chi connectivity index (χ1) is 17.2. The van der Waals surface area contributed by atoms with Crippen molar-refractivity contribution < 1.29 is 35.3 Å². The van der Waals surface area contributed by atoms with E-state index in [0.29, 0.717) is 11.3 Å². The number of hydrogen-bond acceptors (Lipinski definition) is 6. The van der Waals surface area contributed by atoms with E-state index in [9.17, 15) is 22.0 Å². The van der Waals surface area contributed by atoms with Gasteiger partial charge < -0.3 is 18.2 Å². The number of halogens is 2. The summed E-state index contributed by atoms with van der Waals surface area (Å²) in [6, 6.07) is 17.4. The highest BCUT2D eigenvalue weighted by Gasteiger charge is 2.22. The summed E-state index contributed by atoms with van der Waals surface area (Å²) in [5.74, 6) is -1.07. The summed E-state index contributed by atoms with van der Waals surface area (Å²) in [5.41, 5.74) is 0.654. The van der Waals surface area contributed by atoms with Crippen molar-refractivity contribution in [2.24, 2.45) is 0 Å². The quantitative estimate of drug-likeness (QED) is 0.287. The number of ether oxygens (including phenoxy) is 1. The van der Waals surface area contributed by atoms with Gasteiger partial charge in [0.25, 0.3) is 5.91 Å². The third kappa shape index (κ3) is 5.89. The smallest absolute Gasteiger partial charge is 0.339 e. The Morgan fingerprint density at radius 3 is 2.33 bits per heavy atom. The zero-order valence-electron chi connectivity index (χ0n) is 19.1. The van der Waals surface area contributed by atoms with Crippen LogP contribution in [0.1, 0.15) is 21.7 Å². The van der Waals surface area contributed by atoms with Crippen LogP contribution >= 0.6 is 0 Å². The van der Waals surface area contributed by atoms with Crippen LogP contribution in [-0.4, -0.2) is 26.3 Å². The minimum atomic E-state index is -4.30. The standard InChI is InChI=1S/C26H21F2NO6S/c1-33-24-12-7-18(14-25(24)35-36(31,32)23-10-8-20(27)9-11-23)16-29(17-22-6-3-13-34-22)26(30)19-4-2-5-21(28)15-19/h2-15H,16-17H2,1H3. The SMILES string of the molecule is COc1ccc(CN(Cc2ccco2)C(=O)c2cccc(F)c2)cc1OS(=O)(=O)c1ccc(F)cc1. The fourth-order valence-corrected chi connectivity index (χ4v) is 4.40. The molecule has 0 radical (unpaired) electrons. The van der Waals surface area contributed by atoms with E-state index in [4.69, 9.17) is 13.3 Å². The molecule has 0 aliphatic rings. The Balaban J connectivity index is 1.64. The van der Waals surface area contributed by atoms with Gasteiger partial charge in [-0.05, 0) is 72.3 Å².